The molecule has 0 aliphatic rings. The van der Waals surface area contributed by atoms with E-state index in [0.29, 0.717) is 16.0 Å². The average molecular weight is 427 g/mol. The molecule has 5 heteroatoms. The smallest absolute Gasteiger partial charge is 0.262 e. The maximum atomic E-state index is 13.8. The normalized spacial score (nSPS) is 11.2. The van der Waals surface area contributed by atoms with E-state index in [0.717, 1.165) is 27.1 Å². The molecule has 0 atom stereocenters. The molecule has 31 heavy (non-hydrogen) atoms. The molecule has 0 fully saturated rings. The van der Waals surface area contributed by atoms with Crippen LogP contribution in [-0.2, 0) is 6.54 Å². The molecule has 0 aliphatic heterocycles. The van der Waals surface area contributed by atoms with Gasteiger partial charge in [0.1, 0.15) is 16.5 Å². The number of halogens is 1. The Balaban J connectivity index is 1.73. The van der Waals surface area contributed by atoms with E-state index in [4.69, 9.17) is 4.98 Å². The topological polar surface area (TPSA) is 34.9 Å². The van der Waals surface area contributed by atoms with Crippen molar-refractivity contribution < 1.29 is 4.39 Å². The van der Waals surface area contributed by atoms with E-state index in [9.17, 15) is 9.18 Å². The summed E-state index contributed by atoms with van der Waals surface area (Å²) in [5, 5.41) is 0.580. The number of benzene rings is 3. The Hall–Kier alpha value is -3.57. The quantitative estimate of drug-likeness (QED) is 0.339. The van der Waals surface area contributed by atoms with Gasteiger partial charge in [-0.1, -0.05) is 72.3 Å². The van der Waals surface area contributed by atoms with Gasteiger partial charge in [0.25, 0.3) is 5.56 Å². The van der Waals surface area contributed by atoms with Gasteiger partial charge in [0.05, 0.1) is 11.9 Å². The Bertz CT molecular complexity index is 1440. The zero-order chi connectivity index (χ0) is 21.4. The lowest BCUT2D eigenvalue weighted by molar-refractivity contribution is 0.623. The Morgan fingerprint density at radius 1 is 0.903 bits per heavy atom. The van der Waals surface area contributed by atoms with Gasteiger partial charge in [0.2, 0.25) is 0 Å². The molecule has 0 saturated heterocycles. The Morgan fingerprint density at radius 2 is 1.68 bits per heavy atom. The summed E-state index contributed by atoms with van der Waals surface area (Å²) in [6.07, 6.45) is 0. The summed E-state index contributed by atoms with van der Waals surface area (Å²) in [5.41, 5.74) is 3.64. The summed E-state index contributed by atoms with van der Waals surface area (Å²) < 4.78 is 15.4. The van der Waals surface area contributed by atoms with Crippen molar-refractivity contribution in [3.8, 4) is 21.8 Å². The van der Waals surface area contributed by atoms with Gasteiger partial charge in [0.15, 0.2) is 0 Å². The van der Waals surface area contributed by atoms with Crippen molar-refractivity contribution in [3.05, 3.63) is 112 Å². The van der Waals surface area contributed by atoms with E-state index in [1.54, 1.807) is 10.6 Å². The first-order valence-electron chi connectivity index (χ1n) is 10.00. The molecule has 5 rings (SSSR count). The fourth-order valence-corrected chi connectivity index (χ4v) is 4.68. The monoisotopic (exact) mass is 426 g/mol. The molecular formula is C26H19FN2OS. The van der Waals surface area contributed by atoms with Gasteiger partial charge in [-0.05, 0) is 36.2 Å². The molecule has 152 valence electrons. The molecule has 0 N–H and O–H groups in total. The van der Waals surface area contributed by atoms with Gasteiger partial charge in [-0.3, -0.25) is 9.36 Å². The van der Waals surface area contributed by atoms with Crippen molar-refractivity contribution in [1.82, 2.24) is 9.55 Å². The zero-order valence-corrected chi connectivity index (χ0v) is 17.7. The van der Waals surface area contributed by atoms with Crippen LogP contribution in [0.25, 0.3) is 32.0 Å². The highest BCUT2D eigenvalue weighted by molar-refractivity contribution is 7.21. The van der Waals surface area contributed by atoms with Crippen molar-refractivity contribution in [1.29, 1.82) is 0 Å². The summed E-state index contributed by atoms with van der Waals surface area (Å²) in [6, 6.07) is 26.2. The van der Waals surface area contributed by atoms with Crippen LogP contribution in [0.4, 0.5) is 4.39 Å². The SMILES string of the molecule is Cc1ccc(-c2nc3sc(-c4ccccc4)cc3c(=O)n2Cc2cccc(F)c2)cc1. The lowest BCUT2D eigenvalue weighted by atomic mass is 10.1. The van der Waals surface area contributed by atoms with Crippen molar-refractivity contribution in [2.24, 2.45) is 0 Å². The third-order valence-corrected chi connectivity index (χ3v) is 6.33. The minimum atomic E-state index is -0.321. The molecule has 2 aromatic heterocycles. The Kier molecular flexibility index (Phi) is 4.96. The largest absolute Gasteiger partial charge is 0.288 e. The minimum Gasteiger partial charge on any atom is -0.288 e. The molecule has 5 aromatic rings. The first kappa shape index (κ1) is 19.4. The van der Waals surface area contributed by atoms with E-state index in [1.165, 1.54) is 23.5 Å². The van der Waals surface area contributed by atoms with Crippen molar-refractivity contribution in [3.63, 3.8) is 0 Å². The molecule has 0 unspecified atom stereocenters. The molecule has 0 amide bonds. The van der Waals surface area contributed by atoms with Gasteiger partial charge in [-0.2, -0.15) is 0 Å². The second kappa shape index (κ2) is 7.93. The number of rotatable bonds is 4. The lowest BCUT2D eigenvalue weighted by Gasteiger charge is -2.13. The molecule has 0 saturated carbocycles. The summed E-state index contributed by atoms with van der Waals surface area (Å²) in [7, 11) is 0. The third kappa shape index (κ3) is 3.80. The fourth-order valence-electron chi connectivity index (χ4n) is 3.65. The number of nitrogens with zero attached hydrogens (tertiary/aromatic N) is 2. The number of aryl methyl sites for hydroxylation is 1. The number of hydrogen-bond donors (Lipinski definition) is 0. The van der Waals surface area contributed by atoms with Crippen LogP contribution in [0.15, 0.2) is 89.7 Å². The summed E-state index contributed by atoms with van der Waals surface area (Å²) in [4.78, 5) is 20.2. The van der Waals surface area contributed by atoms with E-state index < -0.39 is 0 Å². The number of thiophene rings is 1. The first-order chi connectivity index (χ1) is 15.1. The van der Waals surface area contributed by atoms with E-state index in [2.05, 4.69) is 0 Å². The standard InChI is InChI=1S/C26H19FN2OS/c1-17-10-12-20(13-11-17)24-28-25-22(15-23(31-25)19-7-3-2-4-8-19)26(30)29(24)16-18-6-5-9-21(27)14-18/h2-15H,16H2,1H3. The maximum absolute atomic E-state index is 13.8. The zero-order valence-electron chi connectivity index (χ0n) is 16.9. The minimum absolute atomic E-state index is 0.122. The molecular weight excluding hydrogens is 407 g/mol. The molecule has 0 aliphatic carbocycles. The van der Waals surface area contributed by atoms with Crippen LogP contribution in [0.5, 0.6) is 0 Å². The van der Waals surface area contributed by atoms with E-state index in [1.807, 2.05) is 73.7 Å². The van der Waals surface area contributed by atoms with Gasteiger partial charge < -0.3 is 0 Å². The predicted molar refractivity (Wildman–Crippen MR) is 125 cm³/mol. The summed E-state index contributed by atoms with van der Waals surface area (Å²) in [5.74, 6) is 0.265. The maximum Gasteiger partial charge on any atom is 0.262 e. The van der Waals surface area contributed by atoms with Crippen LogP contribution in [0.2, 0.25) is 0 Å². The van der Waals surface area contributed by atoms with Crippen LogP contribution in [0.3, 0.4) is 0 Å². The number of aromatic nitrogens is 2. The summed E-state index contributed by atoms with van der Waals surface area (Å²) in [6.45, 7) is 2.27. The first-order valence-corrected chi connectivity index (χ1v) is 10.8. The van der Waals surface area contributed by atoms with Gasteiger partial charge in [-0.15, -0.1) is 11.3 Å². The van der Waals surface area contributed by atoms with Crippen molar-refractivity contribution in [2.75, 3.05) is 0 Å². The van der Waals surface area contributed by atoms with Gasteiger partial charge in [0, 0.05) is 10.4 Å². The van der Waals surface area contributed by atoms with Crippen LogP contribution in [0.1, 0.15) is 11.1 Å². The molecule has 2 heterocycles. The second-order valence-corrected chi connectivity index (χ2v) is 8.55. The molecule has 0 spiro atoms. The predicted octanol–water partition coefficient (Wildman–Crippen LogP) is 6.29. The average Bonchev–Trinajstić information content (AvgIpc) is 3.22. The number of hydrogen-bond acceptors (Lipinski definition) is 3. The van der Waals surface area contributed by atoms with Crippen LogP contribution < -0.4 is 5.56 Å². The molecule has 0 radical (unpaired) electrons. The molecule has 3 aromatic carbocycles. The van der Waals surface area contributed by atoms with Gasteiger partial charge in [-0.25, -0.2) is 9.37 Å². The van der Waals surface area contributed by atoms with Crippen LogP contribution >= 0.6 is 11.3 Å². The van der Waals surface area contributed by atoms with Crippen molar-refractivity contribution >= 4 is 21.6 Å². The summed E-state index contributed by atoms with van der Waals surface area (Å²) >= 11 is 1.51. The third-order valence-electron chi connectivity index (χ3n) is 5.25. The Labute approximate surface area is 183 Å². The highest BCUT2D eigenvalue weighted by Gasteiger charge is 2.16. The van der Waals surface area contributed by atoms with Crippen molar-refractivity contribution in [2.45, 2.75) is 13.5 Å². The van der Waals surface area contributed by atoms with E-state index >= 15 is 0 Å². The fraction of sp³-hybridized carbons (Fsp3) is 0.0769. The second-order valence-electron chi connectivity index (χ2n) is 7.52. The molecule has 3 nitrogen and oxygen atoms in total. The lowest BCUT2D eigenvalue weighted by Crippen LogP contribution is -2.23. The molecule has 0 bridgehead atoms. The highest BCUT2D eigenvalue weighted by atomic mass is 32.1. The van der Waals surface area contributed by atoms with Crippen LogP contribution in [0, 0.1) is 12.7 Å². The highest BCUT2D eigenvalue weighted by Crippen LogP contribution is 2.32. The van der Waals surface area contributed by atoms with Gasteiger partial charge >= 0.3 is 0 Å². The number of fused-ring (bicyclic) bond motifs is 1. The van der Waals surface area contributed by atoms with Crippen LogP contribution in [-0.4, -0.2) is 9.55 Å². The van der Waals surface area contributed by atoms with E-state index in [-0.39, 0.29) is 17.9 Å². The Morgan fingerprint density at radius 3 is 2.42 bits per heavy atom.